The van der Waals surface area contributed by atoms with Crippen LogP contribution in [0.2, 0.25) is 0 Å². The van der Waals surface area contributed by atoms with Crippen LogP contribution < -0.4 is 9.47 Å². The molecule has 3 aromatic rings. The van der Waals surface area contributed by atoms with E-state index in [2.05, 4.69) is 16.0 Å². The van der Waals surface area contributed by atoms with Crippen LogP contribution in [0.5, 0.6) is 11.5 Å². The lowest BCUT2D eigenvalue weighted by atomic mass is 9.95. The van der Waals surface area contributed by atoms with Crippen LogP contribution in [-0.2, 0) is 13.0 Å². The van der Waals surface area contributed by atoms with Crippen molar-refractivity contribution in [3.8, 4) is 11.5 Å². The predicted molar refractivity (Wildman–Crippen MR) is 106 cm³/mol. The maximum Gasteiger partial charge on any atom is 0.181 e. The summed E-state index contributed by atoms with van der Waals surface area (Å²) in [6.45, 7) is 3.57. The molecule has 5 nitrogen and oxygen atoms in total. The number of fused-ring (bicyclic) bond motifs is 2. The first-order valence-corrected chi connectivity index (χ1v) is 9.20. The Morgan fingerprint density at radius 1 is 1.11 bits per heavy atom. The zero-order valence-corrected chi connectivity index (χ0v) is 15.9. The van der Waals surface area contributed by atoms with Crippen molar-refractivity contribution < 1.29 is 14.3 Å². The molecule has 1 aliphatic heterocycles. The topological polar surface area (TPSA) is 54.6 Å². The van der Waals surface area contributed by atoms with E-state index >= 15 is 0 Å². The number of hydrogen-bond donors (Lipinski definition) is 1. The maximum absolute atomic E-state index is 13.1. The SMILES string of the molecule is COc1cc2c(cc1OC)CN([C@@H](C)C(=O)c1c[nH]c3ccccc13)CC2. The van der Waals surface area contributed by atoms with Crippen molar-refractivity contribution in [2.75, 3.05) is 20.8 Å². The third kappa shape index (κ3) is 3.08. The molecule has 27 heavy (non-hydrogen) atoms. The monoisotopic (exact) mass is 364 g/mol. The molecule has 0 saturated heterocycles. The van der Waals surface area contributed by atoms with E-state index in [0.29, 0.717) is 0 Å². The first-order chi connectivity index (χ1) is 13.1. The molecule has 0 unspecified atom stereocenters. The standard InChI is InChI=1S/C22H24N2O3/c1-14(22(25)18-12-23-19-7-5-4-6-17(18)19)24-9-8-15-10-20(26-2)21(27-3)11-16(15)13-24/h4-7,10-12,14,23H,8-9,13H2,1-3H3/t14-/m0/s1. The van der Waals surface area contributed by atoms with Crippen LogP contribution in [0.3, 0.4) is 0 Å². The fourth-order valence-electron chi connectivity index (χ4n) is 3.90. The third-order valence-electron chi connectivity index (χ3n) is 5.53. The van der Waals surface area contributed by atoms with Crippen LogP contribution in [0.4, 0.5) is 0 Å². The Hall–Kier alpha value is -2.79. The van der Waals surface area contributed by atoms with Crippen molar-refractivity contribution in [3.63, 3.8) is 0 Å². The van der Waals surface area contributed by atoms with Gasteiger partial charge in [0.15, 0.2) is 17.3 Å². The Morgan fingerprint density at radius 2 is 1.81 bits per heavy atom. The second-order valence-electron chi connectivity index (χ2n) is 6.98. The van der Waals surface area contributed by atoms with Gasteiger partial charge in [-0.3, -0.25) is 9.69 Å². The average Bonchev–Trinajstić information content (AvgIpc) is 3.15. The van der Waals surface area contributed by atoms with Gasteiger partial charge in [-0.25, -0.2) is 0 Å². The molecule has 1 aliphatic rings. The van der Waals surface area contributed by atoms with E-state index in [1.807, 2.05) is 43.5 Å². The van der Waals surface area contributed by atoms with Gasteiger partial charge in [0.1, 0.15) is 0 Å². The minimum absolute atomic E-state index is 0.149. The number of Topliss-reactive ketones (excluding diaryl/α,β-unsaturated/α-hetero) is 1. The van der Waals surface area contributed by atoms with Crippen LogP contribution in [0.1, 0.15) is 28.4 Å². The van der Waals surface area contributed by atoms with Crippen molar-refractivity contribution in [1.82, 2.24) is 9.88 Å². The fraction of sp³-hybridized carbons (Fsp3) is 0.318. The predicted octanol–water partition coefficient (Wildman–Crippen LogP) is 3.81. The lowest BCUT2D eigenvalue weighted by Crippen LogP contribution is -2.42. The number of carbonyl (C=O) groups excluding carboxylic acids is 1. The average molecular weight is 364 g/mol. The molecule has 1 aromatic heterocycles. The molecule has 0 radical (unpaired) electrons. The molecule has 0 fully saturated rings. The van der Waals surface area contributed by atoms with E-state index in [-0.39, 0.29) is 11.8 Å². The van der Waals surface area contributed by atoms with Crippen LogP contribution in [0.25, 0.3) is 10.9 Å². The summed E-state index contributed by atoms with van der Waals surface area (Å²) in [5.41, 5.74) is 4.21. The van der Waals surface area contributed by atoms with Gasteiger partial charge in [0.2, 0.25) is 0 Å². The number of ketones is 1. The number of carbonyl (C=O) groups is 1. The number of H-pyrrole nitrogens is 1. The molecule has 2 heterocycles. The molecule has 1 atom stereocenters. The fourth-order valence-corrected chi connectivity index (χ4v) is 3.90. The van der Waals surface area contributed by atoms with E-state index in [1.54, 1.807) is 14.2 Å². The Labute approximate surface area is 158 Å². The van der Waals surface area contributed by atoms with Gasteiger partial charge in [-0.05, 0) is 42.7 Å². The Bertz CT molecular complexity index is 992. The number of para-hydroxylation sites is 1. The van der Waals surface area contributed by atoms with Crippen molar-refractivity contribution in [2.45, 2.75) is 25.9 Å². The summed E-state index contributed by atoms with van der Waals surface area (Å²) < 4.78 is 10.8. The highest BCUT2D eigenvalue weighted by atomic mass is 16.5. The normalized spacial score (nSPS) is 15.4. The molecule has 0 amide bonds. The highest BCUT2D eigenvalue weighted by Gasteiger charge is 2.28. The molecule has 5 heteroatoms. The van der Waals surface area contributed by atoms with Gasteiger partial charge in [0.25, 0.3) is 0 Å². The lowest BCUT2D eigenvalue weighted by molar-refractivity contribution is 0.0821. The van der Waals surface area contributed by atoms with Gasteiger partial charge in [-0.15, -0.1) is 0 Å². The quantitative estimate of drug-likeness (QED) is 0.700. The number of hydrogen-bond acceptors (Lipinski definition) is 4. The number of nitrogens with one attached hydrogen (secondary N) is 1. The molecular weight excluding hydrogens is 340 g/mol. The summed E-state index contributed by atoms with van der Waals surface area (Å²) in [4.78, 5) is 18.6. The molecule has 0 aliphatic carbocycles. The van der Waals surface area contributed by atoms with Crippen molar-refractivity contribution in [1.29, 1.82) is 0 Å². The van der Waals surface area contributed by atoms with Crippen molar-refractivity contribution >= 4 is 16.7 Å². The summed E-state index contributed by atoms with van der Waals surface area (Å²) in [5, 5.41) is 0.984. The molecule has 2 aromatic carbocycles. The van der Waals surface area contributed by atoms with Crippen LogP contribution >= 0.6 is 0 Å². The van der Waals surface area contributed by atoms with E-state index in [9.17, 15) is 4.79 Å². The maximum atomic E-state index is 13.1. The van der Waals surface area contributed by atoms with E-state index in [4.69, 9.17) is 9.47 Å². The number of ether oxygens (including phenoxy) is 2. The van der Waals surface area contributed by atoms with Crippen molar-refractivity contribution in [3.05, 3.63) is 59.3 Å². The van der Waals surface area contributed by atoms with E-state index in [0.717, 1.165) is 47.5 Å². The number of benzene rings is 2. The van der Waals surface area contributed by atoms with Gasteiger partial charge in [-0.2, -0.15) is 0 Å². The first kappa shape index (κ1) is 17.6. The Balaban J connectivity index is 1.59. The molecule has 0 bridgehead atoms. The van der Waals surface area contributed by atoms with Crippen LogP contribution in [-0.4, -0.2) is 42.5 Å². The molecule has 0 saturated carbocycles. The number of methoxy groups -OCH3 is 2. The number of nitrogens with zero attached hydrogens (tertiary/aromatic N) is 1. The Kier molecular flexibility index (Phi) is 4.62. The molecule has 0 spiro atoms. The second-order valence-corrected chi connectivity index (χ2v) is 6.98. The first-order valence-electron chi connectivity index (χ1n) is 9.20. The third-order valence-corrected chi connectivity index (χ3v) is 5.53. The minimum Gasteiger partial charge on any atom is -0.493 e. The number of aromatic nitrogens is 1. The number of rotatable bonds is 5. The van der Waals surface area contributed by atoms with Gasteiger partial charge >= 0.3 is 0 Å². The van der Waals surface area contributed by atoms with E-state index < -0.39 is 0 Å². The van der Waals surface area contributed by atoms with Gasteiger partial charge < -0.3 is 14.5 Å². The number of aromatic amines is 1. The van der Waals surface area contributed by atoms with Crippen molar-refractivity contribution in [2.24, 2.45) is 0 Å². The largest absolute Gasteiger partial charge is 0.493 e. The summed E-state index contributed by atoms with van der Waals surface area (Å²) in [5.74, 6) is 1.64. The summed E-state index contributed by atoms with van der Waals surface area (Å²) in [7, 11) is 3.30. The Morgan fingerprint density at radius 3 is 2.56 bits per heavy atom. The van der Waals surface area contributed by atoms with E-state index in [1.165, 1.54) is 11.1 Å². The van der Waals surface area contributed by atoms with Gasteiger partial charge in [0, 0.05) is 35.8 Å². The highest BCUT2D eigenvalue weighted by molar-refractivity contribution is 6.10. The molecule has 1 N–H and O–H groups in total. The minimum atomic E-state index is -0.189. The van der Waals surface area contributed by atoms with Gasteiger partial charge in [-0.1, -0.05) is 18.2 Å². The smallest absolute Gasteiger partial charge is 0.181 e. The molecular formula is C22H24N2O3. The summed E-state index contributed by atoms with van der Waals surface area (Å²) in [6.07, 6.45) is 2.72. The highest BCUT2D eigenvalue weighted by Crippen LogP contribution is 2.34. The summed E-state index contributed by atoms with van der Waals surface area (Å²) in [6, 6.07) is 11.8. The summed E-state index contributed by atoms with van der Waals surface area (Å²) >= 11 is 0. The van der Waals surface area contributed by atoms with Crippen LogP contribution in [0, 0.1) is 0 Å². The van der Waals surface area contributed by atoms with Crippen LogP contribution in [0.15, 0.2) is 42.6 Å². The second kappa shape index (κ2) is 7.08. The molecule has 140 valence electrons. The lowest BCUT2D eigenvalue weighted by Gasteiger charge is -2.33. The zero-order valence-electron chi connectivity index (χ0n) is 15.9. The van der Waals surface area contributed by atoms with Gasteiger partial charge in [0.05, 0.1) is 20.3 Å². The zero-order chi connectivity index (χ0) is 19.0. The molecule has 4 rings (SSSR count).